The van der Waals surface area contributed by atoms with Crippen molar-refractivity contribution in [3.63, 3.8) is 0 Å². The Morgan fingerprint density at radius 1 is 0.933 bits per heavy atom. The number of carbonyl (C=O) groups is 2. The summed E-state index contributed by atoms with van der Waals surface area (Å²) in [5.74, 6) is -0.697. The smallest absolute Gasteiger partial charge is 0.273 e. The molecular formula is C20H25N3O6S. The number of nitrogens with zero attached hydrogens (tertiary/aromatic N) is 1. The Morgan fingerprint density at radius 3 is 2.17 bits per heavy atom. The van der Waals surface area contributed by atoms with Crippen molar-refractivity contribution in [3.05, 3.63) is 53.6 Å². The first-order chi connectivity index (χ1) is 14.3. The number of nitrogens with one attached hydrogen (secondary N) is 2. The van der Waals surface area contributed by atoms with Crippen molar-refractivity contribution in [2.24, 2.45) is 0 Å². The van der Waals surface area contributed by atoms with Crippen LogP contribution in [0.3, 0.4) is 0 Å². The number of para-hydroxylation sites is 1. The maximum atomic E-state index is 12.7. The van der Waals surface area contributed by atoms with Crippen LogP contribution in [0.25, 0.3) is 0 Å². The first-order valence-electron chi connectivity index (χ1n) is 9.22. The molecule has 162 valence electrons. The fourth-order valence-electron chi connectivity index (χ4n) is 2.83. The Morgan fingerprint density at radius 2 is 1.57 bits per heavy atom. The number of ether oxygens (including phenoxy) is 2. The molecule has 2 rings (SSSR count). The second kappa shape index (κ2) is 10.1. The molecule has 2 N–H and O–H groups in total. The average molecular weight is 436 g/mol. The van der Waals surface area contributed by atoms with E-state index < -0.39 is 21.8 Å². The van der Waals surface area contributed by atoms with Gasteiger partial charge in [0.25, 0.3) is 11.8 Å². The number of sulfonamides is 1. The maximum absolute atomic E-state index is 12.7. The van der Waals surface area contributed by atoms with Gasteiger partial charge in [-0.2, -0.15) is 4.31 Å². The minimum Gasteiger partial charge on any atom is -0.493 e. The van der Waals surface area contributed by atoms with Gasteiger partial charge in [0.1, 0.15) is 0 Å². The number of amides is 2. The van der Waals surface area contributed by atoms with Crippen molar-refractivity contribution in [1.29, 1.82) is 0 Å². The molecule has 0 aliphatic heterocycles. The number of carbonyl (C=O) groups excluding carboxylic acids is 2. The van der Waals surface area contributed by atoms with Gasteiger partial charge >= 0.3 is 0 Å². The molecule has 0 spiro atoms. The second-order valence-corrected chi connectivity index (χ2v) is 8.00. The third-order valence-corrected chi connectivity index (χ3v) is 6.42. The zero-order chi connectivity index (χ0) is 22.3. The highest BCUT2D eigenvalue weighted by molar-refractivity contribution is 7.89. The van der Waals surface area contributed by atoms with E-state index in [1.54, 1.807) is 26.0 Å². The van der Waals surface area contributed by atoms with Crippen LogP contribution in [0.5, 0.6) is 11.5 Å². The summed E-state index contributed by atoms with van der Waals surface area (Å²) in [5, 5.41) is 0. The van der Waals surface area contributed by atoms with Crippen molar-refractivity contribution in [2.45, 2.75) is 18.7 Å². The highest BCUT2D eigenvalue weighted by Crippen LogP contribution is 2.30. The van der Waals surface area contributed by atoms with Gasteiger partial charge < -0.3 is 9.47 Å². The van der Waals surface area contributed by atoms with Gasteiger partial charge in [-0.3, -0.25) is 20.4 Å². The first-order valence-corrected chi connectivity index (χ1v) is 10.7. The molecule has 0 saturated heterocycles. The molecular weight excluding hydrogens is 410 g/mol. The molecule has 0 unspecified atom stereocenters. The van der Waals surface area contributed by atoms with Crippen LogP contribution >= 0.6 is 0 Å². The topological polar surface area (TPSA) is 114 Å². The molecule has 0 aliphatic rings. The Hall–Kier alpha value is -3.11. The number of hydrazine groups is 1. The monoisotopic (exact) mass is 435 g/mol. The van der Waals surface area contributed by atoms with E-state index in [0.717, 1.165) is 0 Å². The fourth-order valence-corrected chi connectivity index (χ4v) is 4.33. The summed E-state index contributed by atoms with van der Waals surface area (Å²) in [6, 6.07) is 10.4. The summed E-state index contributed by atoms with van der Waals surface area (Å²) in [4.78, 5) is 24.9. The molecule has 0 saturated carbocycles. The van der Waals surface area contributed by atoms with Crippen molar-refractivity contribution >= 4 is 21.8 Å². The summed E-state index contributed by atoms with van der Waals surface area (Å²) in [7, 11) is -0.870. The van der Waals surface area contributed by atoms with Crippen molar-refractivity contribution in [3.8, 4) is 11.5 Å². The van der Waals surface area contributed by atoms with E-state index >= 15 is 0 Å². The number of hydrogen-bond acceptors (Lipinski definition) is 6. The molecule has 2 aromatic rings. The highest BCUT2D eigenvalue weighted by Gasteiger charge is 2.23. The minimum absolute atomic E-state index is 0.000332. The van der Waals surface area contributed by atoms with Crippen LogP contribution in [-0.2, 0) is 10.0 Å². The predicted molar refractivity (Wildman–Crippen MR) is 111 cm³/mol. The van der Waals surface area contributed by atoms with Crippen LogP contribution in [-0.4, -0.2) is 51.8 Å². The molecule has 0 aliphatic carbocycles. The number of rotatable bonds is 8. The molecule has 0 bridgehead atoms. The molecule has 9 nitrogen and oxygen atoms in total. The predicted octanol–water partition coefficient (Wildman–Crippen LogP) is 1.81. The molecule has 2 amide bonds. The second-order valence-electron chi connectivity index (χ2n) is 6.07. The van der Waals surface area contributed by atoms with E-state index in [9.17, 15) is 18.0 Å². The third kappa shape index (κ3) is 4.89. The van der Waals surface area contributed by atoms with Crippen LogP contribution in [0.4, 0.5) is 0 Å². The molecule has 0 aromatic heterocycles. The molecule has 10 heteroatoms. The van der Waals surface area contributed by atoms with Crippen molar-refractivity contribution < 1.29 is 27.5 Å². The van der Waals surface area contributed by atoms with Gasteiger partial charge in [-0.1, -0.05) is 26.0 Å². The normalized spacial score (nSPS) is 11.1. The zero-order valence-corrected chi connectivity index (χ0v) is 18.1. The van der Waals surface area contributed by atoms with E-state index in [4.69, 9.17) is 9.47 Å². The lowest BCUT2D eigenvalue weighted by Crippen LogP contribution is -2.41. The highest BCUT2D eigenvalue weighted by atomic mass is 32.2. The van der Waals surface area contributed by atoms with Gasteiger partial charge in [-0.15, -0.1) is 0 Å². The van der Waals surface area contributed by atoms with Gasteiger partial charge in [0.15, 0.2) is 11.5 Å². The summed E-state index contributed by atoms with van der Waals surface area (Å²) in [5.41, 5.74) is 4.82. The largest absolute Gasteiger partial charge is 0.493 e. The van der Waals surface area contributed by atoms with E-state index in [2.05, 4.69) is 10.9 Å². The molecule has 0 fully saturated rings. The van der Waals surface area contributed by atoms with Gasteiger partial charge in [0.05, 0.1) is 24.7 Å². The molecule has 0 heterocycles. The molecule has 2 aromatic carbocycles. The third-order valence-electron chi connectivity index (χ3n) is 4.38. The van der Waals surface area contributed by atoms with Gasteiger partial charge in [0.2, 0.25) is 10.0 Å². The van der Waals surface area contributed by atoms with E-state index in [-0.39, 0.29) is 21.8 Å². The van der Waals surface area contributed by atoms with Crippen molar-refractivity contribution in [2.75, 3.05) is 27.3 Å². The van der Waals surface area contributed by atoms with E-state index in [1.165, 1.54) is 48.9 Å². The average Bonchev–Trinajstić information content (AvgIpc) is 2.77. The van der Waals surface area contributed by atoms with Crippen LogP contribution in [0.15, 0.2) is 47.4 Å². The van der Waals surface area contributed by atoms with Crippen LogP contribution in [0.1, 0.15) is 34.6 Å². The summed E-state index contributed by atoms with van der Waals surface area (Å²) in [6.45, 7) is 4.10. The number of hydrogen-bond donors (Lipinski definition) is 2. The lowest BCUT2D eigenvalue weighted by Gasteiger charge is -2.18. The van der Waals surface area contributed by atoms with Gasteiger partial charge in [-0.25, -0.2) is 8.42 Å². The summed E-state index contributed by atoms with van der Waals surface area (Å²) >= 11 is 0. The Labute approximate surface area is 176 Å². The van der Waals surface area contributed by atoms with Crippen LogP contribution in [0, 0.1) is 0 Å². The van der Waals surface area contributed by atoms with Crippen LogP contribution < -0.4 is 20.3 Å². The quantitative estimate of drug-likeness (QED) is 0.612. The van der Waals surface area contributed by atoms with Gasteiger partial charge in [0, 0.05) is 18.7 Å². The minimum atomic E-state index is -3.71. The Balaban J connectivity index is 2.17. The lowest BCUT2D eigenvalue weighted by molar-refractivity contribution is 0.0844. The maximum Gasteiger partial charge on any atom is 0.273 e. The molecule has 0 atom stereocenters. The molecule has 0 radical (unpaired) electrons. The standard InChI is InChI=1S/C20H25N3O6S/c1-5-23(6-2)30(26,27)15-10-7-9-14(13-15)19(24)21-22-20(25)16-11-8-12-17(28-3)18(16)29-4/h7-13H,5-6H2,1-4H3,(H,21,24)(H,22,25). The number of methoxy groups -OCH3 is 2. The Bertz CT molecular complexity index is 1020. The lowest BCUT2D eigenvalue weighted by atomic mass is 10.1. The first kappa shape index (κ1) is 23.2. The van der Waals surface area contributed by atoms with E-state index in [0.29, 0.717) is 18.8 Å². The van der Waals surface area contributed by atoms with Crippen LogP contribution in [0.2, 0.25) is 0 Å². The van der Waals surface area contributed by atoms with Crippen molar-refractivity contribution in [1.82, 2.24) is 15.2 Å². The summed E-state index contributed by atoms with van der Waals surface area (Å²) in [6.07, 6.45) is 0. The Kier molecular flexibility index (Phi) is 7.79. The van der Waals surface area contributed by atoms with Gasteiger partial charge in [-0.05, 0) is 30.3 Å². The SMILES string of the molecule is CCN(CC)S(=O)(=O)c1cccc(C(=O)NNC(=O)c2cccc(OC)c2OC)c1. The zero-order valence-electron chi connectivity index (χ0n) is 17.3. The van der Waals surface area contributed by atoms with E-state index in [1.807, 2.05) is 0 Å². The number of benzene rings is 2. The fraction of sp³-hybridized carbons (Fsp3) is 0.300. The summed E-state index contributed by atoms with van der Waals surface area (Å²) < 4.78 is 37.0. The molecule has 30 heavy (non-hydrogen) atoms.